The third-order valence-corrected chi connectivity index (χ3v) is 3.04. The van der Waals surface area contributed by atoms with Gasteiger partial charge in [-0.2, -0.15) is 18.3 Å². The van der Waals surface area contributed by atoms with E-state index >= 15 is 0 Å². The number of halogens is 3. The first kappa shape index (κ1) is 14.3. The van der Waals surface area contributed by atoms with Crippen LogP contribution in [0.2, 0.25) is 0 Å². The Balaban J connectivity index is 2.28. The summed E-state index contributed by atoms with van der Waals surface area (Å²) in [4.78, 5) is 9.98. The van der Waals surface area contributed by atoms with Gasteiger partial charge < -0.3 is 0 Å². The highest BCUT2D eigenvalue weighted by atomic mass is 19.4. The molecule has 0 amide bonds. The van der Waals surface area contributed by atoms with Crippen molar-refractivity contribution < 1.29 is 18.1 Å². The third-order valence-electron chi connectivity index (χ3n) is 3.04. The molecular formula is C12H12F3N3O2. The molecule has 0 spiro atoms. The Labute approximate surface area is 112 Å². The topological polar surface area (TPSA) is 67.5 Å². The van der Waals surface area contributed by atoms with E-state index in [2.05, 4.69) is 10.5 Å². The highest BCUT2D eigenvalue weighted by molar-refractivity contribution is 5.87. The molecule has 108 valence electrons. The van der Waals surface area contributed by atoms with Crippen molar-refractivity contribution in [1.82, 2.24) is 0 Å². The number of hydrogen-bond donors (Lipinski definition) is 1. The van der Waals surface area contributed by atoms with Gasteiger partial charge >= 0.3 is 6.18 Å². The quantitative estimate of drug-likeness (QED) is 0.520. The summed E-state index contributed by atoms with van der Waals surface area (Å²) in [7, 11) is 0. The van der Waals surface area contributed by atoms with Gasteiger partial charge in [0, 0.05) is 11.8 Å². The summed E-state index contributed by atoms with van der Waals surface area (Å²) in [5.41, 5.74) is 1.51. The molecule has 0 aromatic heterocycles. The lowest BCUT2D eigenvalue weighted by atomic mass is 10.1. The standard InChI is InChI=1S/C12H12F3N3O2/c1-7(8-2-3-8)16-17-10-5-4-9(12(13,14)15)6-11(10)18(19)20/h4-6,8,17H,2-3H2,1H3. The second-order valence-corrected chi connectivity index (χ2v) is 4.63. The molecule has 2 rings (SSSR count). The first-order valence-corrected chi connectivity index (χ1v) is 5.95. The molecule has 0 aliphatic heterocycles. The summed E-state index contributed by atoms with van der Waals surface area (Å²) in [6, 6.07) is 2.31. The minimum atomic E-state index is -4.61. The number of benzene rings is 1. The van der Waals surface area contributed by atoms with Gasteiger partial charge in [-0.1, -0.05) is 0 Å². The van der Waals surface area contributed by atoms with E-state index in [4.69, 9.17) is 0 Å². The summed E-state index contributed by atoms with van der Waals surface area (Å²) in [6.07, 6.45) is -2.57. The van der Waals surface area contributed by atoms with Crippen molar-refractivity contribution >= 4 is 17.1 Å². The van der Waals surface area contributed by atoms with Gasteiger partial charge in [-0.05, 0) is 37.8 Å². The zero-order valence-corrected chi connectivity index (χ0v) is 10.6. The molecule has 0 unspecified atom stereocenters. The number of nitrogens with one attached hydrogen (secondary N) is 1. The monoisotopic (exact) mass is 287 g/mol. The van der Waals surface area contributed by atoms with Crippen LogP contribution in [0.25, 0.3) is 0 Å². The molecule has 5 nitrogen and oxygen atoms in total. The molecule has 1 saturated carbocycles. The van der Waals surface area contributed by atoms with Gasteiger partial charge in [0.1, 0.15) is 5.69 Å². The summed E-state index contributed by atoms with van der Waals surface area (Å²) in [5, 5.41) is 14.8. The minimum absolute atomic E-state index is 0.0528. The van der Waals surface area contributed by atoms with E-state index in [-0.39, 0.29) is 5.69 Å². The number of nitro groups is 1. The molecule has 0 heterocycles. The van der Waals surface area contributed by atoms with E-state index in [0.29, 0.717) is 12.0 Å². The average molecular weight is 287 g/mol. The van der Waals surface area contributed by atoms with Crippen molar-refractivity contribution in [2.45, 2.75) is 25.9 Å². The first-order chi connectivity index (χ1) is 9.29. The van der Waals surface area contributed by atoms with Crippen LogP contribution in [0.15, 0.2) is 23.3 Å². The highest BCUT2D eigenvalue weighted by Crippen LogP contribution is 2.35. The number of anilines is 1. The van der Waals surface area contributed by atoms with Crippen LogP contribution >= 0.6 is 0 Å². The van der Waals surface area contributed by atoms with Gasteiger partial charge in [-0.25, -0.2) is 0 Å². The number of alkyl halides is 3. The molecule has 0 bridgehead atoms. The van der Waals surface area contributed by atoms with Gasteiger partial charge in [-0.3, -0.25) is 15.5 Å². The maximum Gasteiger partial charge on any atom is 0.416 e. The molecule has 1 aliphatic carbocycles. The predicted molar refractivity (Wildman–Crippen MR) is 67.6 cm³/mol. The number of rotatable bonds is 4. The van der Waals surface area contributed by atoms with Crippen molar-refractivity contribution in [2.24, 2.45) is 11.0 Å². The van der Waals surface area contributed by atoms with Crippen molar-refractivity contribution in [1.29, 1.82) is 0 Å². The Morgan fingerprint density at radius 1 is 1.45 bits per heavy atom. The summed E-state index contributed by atoms with van der Waals surface area (Å²) in [6.45, 7) is 1.78. The lowest BCUT2D eigenvalue weighted by molar-refractivity contribution is -0.384. The number of hydrazone groups is 1. The zero-order chi connectivity index (χ0) is 14.9. The van der Waals surface area contributed by atoms with E-state index in [1.807, 2.05) is 0 Å². The van der Waals surface area contributed by atoms with Gasteiger partial charge in [-0.15, -0.1) is 0 Å². The van der Waals surface area contributed by atoms with Crippen molar-refractivity contribution in [2.75, 3.05) is 5.43 Å². The van der Waals surface area contributed by atoms with Crippen LogP contribution < -0.4 is 5.43 Å². The Bertz CT molecular complexity index is 566. The highest BCUT2D eigenvalue weighted by Gasteiger charge is 2.33. The van der Waals surface area contributed by atoms with Crippen LogP contribution in [0.3, 0.4) is 0 Å². The zero-order valence-electron chi connectivity index (χ0n) is 10.6. The summed E-state index contributed by atoms with van der Waals surface area (Å²) in [5.74, 6) is 0.371. The van der Waals surface area contributed by atoms with E-state index in [1.165, 1.54) is 0 Å². The van der Waals surface area contributed by atoms with Gasteiger partial charge in [0.05, 0.1) is 10.5 Å². The molecule has 1 aromatic carbocycles. The minimum Gasteiger partial charge on any atom is -0.272 e. The van der Waals surface area contributed by atoms with Crippen LogP contribution in [-0.4, -0.2) is 10.6 Å². The normalized spacial score (nSPS) is 16.1. The molecule has 1 fully saturated rings. The van der Waals surface area contributed by atoms with Gasteiger partial charge in [0.2, 0.25) is 0 Å². The molecule has 0 atom stereocenters. The Hall–Kier alpha value is -2.12. The molecule has 0 radical (unpaired) electrons. The maximum atomic E-state index is 12.5. The van der Waals surface area contributed by atoms with Crippen LogP contribution in [0, 0.1) is 16.0 Å². The molecular weight excluding hydrogens is 275 g/mol. The van der Waals surface area contributed by atoms with Crippen LogP contribution in [0.4, 0.5) is 24.5 Å². The molecule has 0 saturated heterocycles. The lowest BCUT2D eigenvalue weighted by Crippen LogP contribution is -2.07. The lowest BCUT2D eigenvalue weighted by Gasteiger charge is -2.08. The van der Waals surface area contributed by atoms with Crippen molar-refractivity contribution in [3.05, 3.63) is 33.9 Å². The Morgan fingerprint density at radius 2 is 2.10 bits per heavy atom. The van der Waals surface area contributed by atoms with E-state index in [1.54, 1.807) is 6.92 Å². The maximum absolute atomic E-state index is 12.5. The SMILES string of the molecule is CC(=NNc1ccc(C(F)(F)F)cc1[N+](=O)[O-])C1CC1. The molecule has 1 aromatic rings. The molecule has 8 heteroatoms. The smallest absolute Gasteiger partial charge is 0.272 e. The molecule has 1 aliphatic rings. The van der Waals surface area contributed by atoms with Gasteiger partial charge in [0.25, 0.3) is 5.69 Å². The second-order valence-electron chi connectivity index (χ2n) is 4.63. The van der Waals surface area contributed by atoms with Gasteiger partial charge in [0.15, 0.2) is 0 Å². The summed E-state index contributed by atoms with van der Waals surface area (Å²) >= 11 is 0. The largest absolute Gasteiger partial charge is 0.416 e. The first-order valence-electron chi connectivity index (χ1n) is 5.95. The van der Waals surface area contributed by atoms with Crippen LogP contribution in [0.1, 0.15) is 25.3 Å². The third kappa shape index (κ3) is 3.25. The van der Waals surface area contributed by atoms with Crippen molar-refractivity contribution in [3.63, 3.8) is 0 Å². The fraction of sp³-hybridized carbons (Fsp3) is 0.417. The Morgan fingerprint density at radius 3 is 2.60 bits per heavy atom. The number of nitrogens with zero attached hydrogens (tertiary/aromatic N) is 2. The number of hydrogen-bond acceptors (Lipinski definition) is 4. The van der Waals surface area contributed by atoms with E-state index < -0.39 is 22.4 Å². The Kier molecular flexibility index (Phi) is 3.65. The van der Waals surface area contributed by atoms with Crippen LogP contribution in [-0.2, 0) is 6.18 Å². The molecule has 20 heavy (non-hydrogen) atoms. The average Bonchev–Trinajstić information content (AvgIpc) is 3.18. The summed E-state index contributed by atoms with van der Waals surface area (Å²) < 4.78 is 37.6. The second kappa shape index (κ2) is 5.10. The van der Waals surface area contributed by atoms with Crippen LogP contribution in [0.5, 0.6) is 0 Å². The predicted octanol–water partition coefficient (Wildman–Crippen LogP) is 3.81. The van der Waals surface area contributed by atoms with Crippen molar-refractivity contribution in [3.8, 4) is 0 Å². The fourth-order valence-electron chi connectivity index (χ4n) is 1.69. The molecule has 1 N–H and O–H groups in total. The van der Waals surface area contributed by atoms with E-state index in [0.717, 1.165) is 30.7 Å². The van der Waals surface area contributed by atoms with E-state index in [9.17, 15) is 23.3 Å². The fourth-order valence-corrected chi connectivity index (χ4v) is 1.69. The number of nitro benzene ring substituents is 1.